The lowest BCUT2D eigenvalue weighted by Crippen LogP contribution is -2.01. The van der Waals surface area contributed by atoms with E-state index < -0.39 is 5.97 Å². The van der Waals surface area contributed by atoms with Crippen molar-refractivity contribution in [2.45, 2.75) is 0 Å². The van der Waals surface area contributed by atoms with Crippen LogP contribution in [0.5, 0.6) is 5.75 Å². The van der Waals surface area contributed by atoms with E-state index in [0.29, 0.717) is 10.6 Å². The molecular formula is C15H13ClO3. The maximum absolute atomic E-state index is 11.4. The van der Waals surface area contributed by atoms with Gasteiger partial charge in [0.05, 0.1) is 24.8 Å². The van der Waals surface area contributed by atoms with Gasteiger partial charge in [0.25, 0.3) is 0 Å². The van der Waals surface area contributed by atoms with Gasteiger partial charge in [0.1, 0.15) is 5.75 Å². The molecule has 2 aromatic carbocycles. The molecule has 19 heavy (non-hydrogen) atoms. The van der Waals surface area contributed by atoms with Gasteiger partial charge in [-0.25, -0.2) is 4.79 Å². The number of hydrogen-bond donors (Lipinski definition) is 0. The zero-order chi connectivity index (χ0) is 13.8. The highest BCUT2D eigenvalue weighted by atomic mass is 35.5. The standard InChI is InChI=1S/C15H13ClO3/c1-18-12-6-3-10(4-7-12)11-5-8-13(14(16)9-11)15(17)19-2/h3-9H,1-2H3. The molecule has 0 unspecified atom stereocenters. The Morgan fingerprint density at radius 1 is 1.00 bits per heavy atom. The van der Waals surface area contributed by atoms with E-state index >= 15 is 0 Å². The summed E-state index contributed by atoms with van der Waals surface area (Å²) in [5.74, 6) is 0.354. The van der Waals surface area contributed by atoms with Gasteiger partial charge in [0.15, 0.2) is 0 Å². The lowest BCUT2D eigenvalue weighted by molar-refractivity contribution is 0.0601. The summed E-state index contributed by atoms with van der Waals surface area (Å²) >= 11 is 6.09. The van der Waals surface area contributed by atoms with Crippen LogP contribution >= 0.6 is 11.6 Å². The molecule has 0 bridgehead atoms. The van der Waals surface area contributed by atoms with E-state index in [2.05, 4.69) is 4.74 Å². The van der Waals surface area contributed by atoms with Crippen molar-refractivity contribution in [3.63, 3.8) is 0 Å². The van der Waals surface area contributed by atoms with E-state index in [1.54, 1.807) is 19.2 Å². The van der Waals surface area contributed by atoms with E-state index in [1.165, 1.54) is 7.11 Å². The fraction of sp³-hybridized carbons (Fsp3) is 0.133. The Bertz CT molecular complexity index is 591. The van der Waals surface area contributed by atoms with Crippen molar-refractivity contribution >= 4 is 17.6 Å². The van der Waals surface area contributed by atoms with Gasteiger partial charge in [0.2, 0.25) is 0 Å². The molecule has 0 saturated carbocycles. The summed E-state index contributed by atoms with van der Waals surface area (Å²) in [7, 11) is 2.95. The van der Waals surface area contributed by atoms with Crippen LogP contribution in [0.15, 0.2) is 42.5 Å². The largest absolute Gasteiger partial charge is 0.497 e. The normalized spacial score (nSPS) is 10.1. The van der Waals surface area contributed by atoms with Crippen LogP contribution in [-0.2, 0) is 4.74 Å². The van der Waals surface area contributed by atoms with Crippen LogP contribution in [0.2, 0.25) is 5.02 Å². The van der Waals surface area contributed by atoms with E-state index in [9.17, 15) is 4.79 Å². The topological polar surface area (TPSA) is 35.5 Å². The maximum Gasteiger partial charge on any atom is 0.339 e. The number of carbonyl (C=O) groups excluding carboxylic acids is 1. The fourth-order valence-corrected chi connectivity index (χ4v) is 2.01. The summed E-state index contributed by atoms with van der Waals surface area (Å²) in [6.07, 6.45) is 0. The summed E-state index contributed by atoms with van der Waals surface area (Å²) in [5, 5.41) is 0.375. The summed E-state index contributed by atoms with van der Waals surface area (Å²) in [6.45, 7) is 0. The molecule has 0 aromatic heterocycles. The number of rotatable bonds is 3. The molecule has 0 saturated heterocycles. The molecule has 0 spiro atoms. The van der Waals surface area contributed by atoms with Crippen LogP contribution in [0.4, 0.5) is 0 Å². The molecule has 3 nitrogen and oxygen atoms in total. The molecule has 0 aliphatic carbocycles. The summed E-state index contributed by atoms with van der Waals surface area (Å²) in [5.41, 5.74) is 2.29. The molecule has 2 rings (SSSR count). The van der Waals surface area contributed by atoms with E-state index in [-0.39, 0.29) is 0 Å². The van der Waals surface area contributed by atoms with Crippen LogP contribution < -0.4 is 4.74 Å². The molecule has 0 N–H and O–H groups in total. The van der Waals surface area contributed by atoms with Crippen molar-refractivity contribution in [2.75, 3.05) is 14.2 Å². The average Bonchev–Trinajstić information content (AvgIpc) is 2.46. The van der Waals surface area contributed by atoms with Crippen LogP contribution in [-0.4, -0.2) is 20.2 Å². The predicted octanol–water partition coefficient (Wildman–Crippen LogP) is 3.80. The number of ether oxygens (including phenoxy) is 2. The third-order valence-electron chi connectivity index (χ3n) is 2.80. The summed E-state index contributed by atoms with van der Waals surface area (Å²) in [4.78, 5) is 11.4. The Kier molecular flexibility index (Phi) is 4.07. The Hall–Kier alpha value is -2.00. The first kappa shape index (κ1) is 13.4. The second-order valence-electron chi connectivity index (χ2n) is 3.91. The molecule has 0 amide bonds. The molecule has 0 fully saturated rings. The zero-order valence-corrected chi connectivity index (χ0v) is 11.4. The van der Waals surface area contributed by atoms with Gasteiger partial charge in [-0.15, -0.1) is 0 Å². The van der Waals surface area contributed by atoms with Crippen molar-refractivity contribution in [3.05, 3.63) is 53.1 Å². The second kappa shape index (κ2) is 5.76. The molecular weight excluding hydrogens is 264 g/mol. The molecule has 4 heteroatoms. The van der Waals surface area contributed by atoms with Gasteiger partial charge in [-0.2, -0.15) is 0 Å². The lowest BCUT2D eigenvalue weighted by Gasteiger charge is -2.07. The quantitative estimate of drug-likeness (QED) is 0.800. The number of halogens is 1. The highest BCUT2D eigenvalue weighted by Gasteiger charge is 2.11. The average molecular weight is 277 g/mol. The Morgan fingerprint density at radius 3 is 2.16 bits per heavy atom. The molecule has 0 heterocycles. The minimum Gasteiger partial charge on any atom is -0.497 e. The Morgan fingerprint density at radius 2 is 1.63 bits per heavy atom. The second-order valence-corrected chi connectivity index (χ2v) is 4.32. The highest BCUT2D eigenvalue weighted by molar-refractivity contribution is 6.33. The maximum atomic E-state index is 11.4. The Balaban J connectivity index is 2.35. The monoisotopic (exact) mass is 276 g/mol. The highest BCUT2D eigenvalue weighted by Crippen LogP contribution is 2.27. The number of hydrogen-bond acceptors (Lipinski definition) is 3. The lowest BCUT2D eigenvalue weighted by atomic mass is 10.0. The molecule has 2 aromatic rings. The van der Waals surface area contributed by atoms with Crippen molar-refractivity contribution in [2.24, 2.45) is 0 Å². The first-order valence-electron chi connectivity index (χ1n) is 5.68. The van der Waals surface area contributed by atoms with Crippen LogP contribution in [0.1, 0.15) is 10.4 Å². The minimum absolute atomic E-state index is 0.362. The molecule has 0 radical (unpaired) electrons. The first-order chi connectivity index (χ1) is 9.15. The Labute approximate surface area is 116 Å². The smallest absolute Gasteiger partial charge is 0.339 e. The minimum atomic E-state index is -0.439. The molecule has 0 aliphatic rings. The van der Waals surface area contributed by atoms with Gasteiger partial charge in [-0.1, -0.05) is 29.8 Å². The van der Waals surface area contributed by atoms with E-state index in [0.717, 1.165) is 16.9 Å². The van der Waals surface area contributed by atoms with Crippen LogP contribution in [0.3, 0.4) is 0 Å². The van der Waals surface area contributed by atoms with Gasteiger partial charge in [0, 0.05) is 0 Å². The summed E-state index contributed by atoms with van der Waals surface area (Å²) in [6, 6.07) is 12.9. The fourth-order valence-electron chi connectivity index (χ4n) is 1.75. The first-order valence-corrected chi connectivity index (χ1v) is 6.06. The van der Waals surface area contributed by atoms with Gasteiger partial charge < -0.3 is 9.47 Å². The number of benzene rings is 2. The van der Waals surface area contributed by atoms with Gasteiger partial charge in [-0.3, -0.25) is 0 Å². The van der Waals surface area contributed by atoms with Crippen LogP contribution in [0.25, 0.3) is 11.1 Å². The van der Waals surface area contributed by atoms with E-state index in [1.807, 2.05) is 30.3 Å². The number of esters is 1. The molecule has 98 valence electrons. The zero-order valence-electron chi connectivity index (χ0n) is 10.6. The van der Waals surface area contributed by atoms with Gasteiger partial charge >= 0.3 is 5.97 Å². The van der Waals surface area contributed by atoms with E-state index in [4.69, 9.17) is 16.3 Å². The summed E-state index contributed by atoms with van der Waals surface area (Å²) < 4.78 is 9.76. The van der Waals surface area contributed by atoms with Crippen molar-refractivity contribution in [1.82, 2.24) is 0 Å². The van der Waals surface area contributed by atoms with Crippen molar-refractivity contribution in [1.29, 1.82) is 0 Å². The van der Waals surface area contributed by atoms with Gasteiger partial charge in [-0.05, 0) is 35.4 Å². The number of carbonyl (C=O) groups is 1. The van der Waals surface area contributed by atoms with Crippen molar-refractivity contribution < 1.29 is 14.3 Å². The number of methoxy groups -OCH3 is 2. The van der Waals surface area contributed by atoms with Crippen LogP contribution in [0, 0.1) is 0 Å². The third-order valence-corrected chi connectivity index (χ3v) is 3.11. The molecule has 0 atom stereocenters. The SMILES string of the molecule is COC(=O)c1ccc(-c2ccc(OC)cc2)cc1Cl. The van der Waals surface area contributed by atoms with Crippen molar-refractivity contribution in [3.8, 4) is 16.9 Å². The molecule has 0 aliphatic heterocycles. The third kappa shape index (κ3) is 2.88. The predicted molar refractivity (Wildman–Crippen MR) is 74.8 cm³/mol.